The van der Waals surface area contributed by atoms with Crippen LogP contribution in [-0.4, -0.2) is 46.9 Å². The molecule has 2 aliphatic rings. The van der Waals surface area contributed by atoms with E-state index in [0.717, 1.165) is 0 Å². The lowest BCUT2D eigenvalue weighted by Gasteiger charge is -2.23. The van der Waals surface area contributed by atoms with Crippen molar-refractivity contribution in [2.75, 3.05) is 6.61 Å². The monoisotopic (exact) mass is 279 g/mol. The van der Waals surface area contributed by atoms with Gasteiger partial charge in [0.05, 0.1) is 6.61 Å². The maximum absolute atomic E-state index is 8.78. The van der Waals surface area contributed by atoms with E-state index in [4.69, 9.17) is 35.8 Å². The van der Waals surface area contributed by atoms with Gasteiger partial charge in [0.2, 0.25) is 0 Å². The van der Waals surface area contributed by atoms with E-state index in [9.17, 15) is 0 Å². The Morgan fingerprint density at radius 3 is 2.33 bits per heavy atom. The van der Waals surface area contributed by atoms with Crippen molar-refractivity contribution in [1.82, 2.24) is 0 Å². The van der Waals surface area contributed by atoms with Gasteiger partial charge in [-0.3, -0.25) is 0 Å². The van der Waals surface area contributed by atoms with E-state index in [1.807, 2.05) is 13.8 Å². The van der Waals surface area contributed by atoms with Gasteiger partial charge < -0.3 is 24.2 Å². The second-order valence-corrected chi connectivity index (χ2v) is 5.70. The number of hydrogen-bond acceptors (Lipinski definition) is 6. The molecule has 0 amide bonds. The molecule has 0 unspecified atom stereocenters. The summed E-state index contributed by atoms with van der Waals surface area (Å²) in [5, 5.41) is 11.7. The number of rotatable bonds is 2. The number of hydrogen-bond donors (Lipinski definition) is 1. The molecule has 18 heavy (non-hydrogen) atoms. The number of halogens is 1. The highest BCUT2D eigenvalue weighted by molar-refractivity contribution is 6.66. The molecular weight excluding hydrogens is 262 g/mol. The summed E-state index contributed by atoms with van der Waals surface area (Å²) in [4.78, 5) is 0. The van der Waals surface area contributed by atoms with Crippen molar-refractivity contribution in [3.8, 4) is 0 Å². The summed E-state index contributed by atoms with van der Waals surface area (Å²) in [6, 6.07) is 0. The molecule has 2 rings (SSSR count). The molecule has 0 aliphatic carbocycles. The van der Waals surface area contributed by atoms with Gasteiger partial charge in [-0.1, -0.05) is 16.8 Å². The first-order valence-corrected chi connectivity index (χ1v) is 6.17. The third kappa shape index (κ3) is 2.78. The van der Waals surface area contributed by atoms with Crippen LogP contribution in [0.2, 0.25) is 0 Å². The Labute approximate surface area is 111 Å². The van der Waals surface area contributed by atoms with Gasteiger partial charge in [-0.15, -0.1) is 0 Å². The fraction of sp³-hybridized carbons (Fsp3) is 0.909. The summed E-state index contributed by atoms with van der Waals surface area (Å²) in [5.74, 6) is -1.47. The van der Waals surface area contributed by atoms with Gasteiger partial charge in [-0.25, -0.2) is 0 Å². The molecule has 0 aromatic heterocycles. The first-order valence-electron chi connectivity index (χ1n) is 5.79. The molecule has 0 spiro atoms. The number of oxime groups is 1. The standard InChI is InChI=1S/C11H18ClNO5/c1-10(2)15-5-6(16-10)7-8(9(12)13-14)18-11(3,4)17-7/h6-8,14H,5H2,1-4H3/b13-9+/t6-,7-,8+/m1/s1. The predicted octanol–water partition coefficient (Wildman–Crippen LogP) is 1.68. The van der Waals surface area contributed by atoms with Crippen molar-refractivity contribution in [2.45, 2.75) is 57.6 Å². The molecule has 2 saturated heterocycles. The van der Waals surface area contributed by atoms with Crippen LogP contribution in [0.25, 0.3) is 0 Å². The summed E-state index contributed by atoms with van der Waals surface area (Å²) in [7, 11) is 0. The van der Waals surface area contributed by atoms with Crippen molar-refractivity contribution < 1.29 is 24.2 Å². The molecule has 2 aliphatic heterocycles. The highest BCUT2D eigenvalue weighted by atomic mass is 35.5. The van der Waals surface area contributed by atoms with Crippen molar-refractivity contribution in [3.05, 3.63) is 0 Å². The fourth-order valence-electron chi connectivity index (χ4n) is 2.18. The van der Waals surface area contributed by atoms with E-state index in [-0.39, 0.29) is 11.3 Å². The van der Waals surface area contributed by atoms with Gasteiger partial charge in [0.25, 0.3) is 0 Å². The lowest BCUT2D eigenvalue weighted by Crippen LogP contribution is -2.40. The SMILES string of the molecule is CC1(C)O[C@H]([C@H]2COC(C)(C)O2)[C@@H](/C(Cl)=N\O)O1. The minimum Gasteiger partial charge on any atom is -0.410 e. The van der Waals surface area contributed by atoms with Gasteiger partial charge in [-0.2, -0.15) is 0 Å². The molecule has 6 nitrogen and oxygen atoms in total. The maximum Gasteiger partial charge on any atom is 0.176 e. The Morgan fingerprint density at radius 2 is 1.83 bits per heavy atom. The molecule has 2 heterocycles. The predicted molar refractivity (Wildman–Crippen MR) is 63.8 cm³/mol. The zero-order valence-corrected chi connectivity index (χ0v) is 11.6. The lowest BCUT2D eigenvalue weighted by molar-refractivity contribution is -0.174. The highest BCUT2D eigenvalue weighted by Gasteiger charge is 2.51. The molecule has 0 radical (unpaired) electrons. The van der Waals surface area contributed by atoms with Crippen LogP contribution in [0.15, 0.2) is 5.16 Å². The minimum atomic E-state index is -0.809. The van der Waals surface area contributed by atoms with E-state index < -0.39 is 23.8 Å². The van der Waals surface area contributed by atoms with Crippen LogP contribution >= 0.6 is 11.6 Å². The summed E-state index contributed by atoms with van der Waals surface area (Å²) >= 11 is 5.84. The average Bonchev–Trinajstić information content (AvgIpc) is 2.77. The van der Waals surface area contributed by atoms with Crippen molar-refractivity contribution >= 4 is 16.8 Å². The first kappa shape index (κ1) is 14.0. The van der Waals surface area contributed by atoms with Crippen LogP contribution in [-0.2, 0) is 18.9 Å². The van der Waals surface area contributed by atoms with E-state index in [0.29, 0.717) is 6.61 Å². The van der Waals surface area contributed by atoms with Crippen LogP contribution in [0.3, 0.4) is 0 Å². The van der Waals surface area contributed by atoms with Crippen molar-refractivity contribution in [3.63, 3.8) is 0 Å². The van der Waals surface area contributed by atoms with Gasteiger partial charge >= 0.3 is 0 Å². The van der Waals surface area contributed by atoms with Crippen LogP contribution in [0, 0.1) is 0 Å². The van der Waals surface area contributed by atoms with Gasteiger partial charge in [0.1, 0.15) is 18.3 Å². The molecular formula is C11H18ClNO5. The van der Waals surface area contributed by atoms with E-state index >= 15 is 0 Å². The Kier molecular flexibility index (Phi) is 3.59. The molecule has 104 valence electrons. The topological polar surface area (TPSA) is 69.5 Å². The highest BCUT2D eigenvalue weighted by Crippen LogP contribution is 2.36. The molecule has 3 atom stereocenters. The second-order valence-electron chi connectivity index (χ2n) is 5.31. The number of nitrogens with zero attached hydrogens (tertiary/aromatic N) is 1. The molecule has 1 N–H and O–H groups in total. The smallest absolute Gasteiger partial charge is 0.176 e. The average molecular weight is 280 g/mol. The van der Waals surface area contributed by atoms with Crippen molar-refractivity contribution in [1.29, 1.82) is 0 Å². The van der Waals surface area contributed by atoms with Crippen LogP contribution in [0.4, 0.5) is 0 Å². The minimum absolute atomic E-state index is 0.0566. The summed E-state index contributed by atoms with van der Waals surface area (Å²) < 4.78 is 22.6. The zero-order chi connectivity index (χ0) is 13.6. The molecule has 2 fully saturated rings. The maximum atomic E-state index is 8.78. The molecule has 0 aromatic rings. The van der Waals surface area contributed by atoms with E-state index in [2.05, 4.69) is 5.16 Å². The van der Waals surface area contributed by atoms with E-state index in [1.165, 1.54) is 0 Å². The van der Waals surface area contributed by atoms with Gasteiger partial charge in [-0.05, 0) is 27.7 Å². The van der Waals surface area contributed by atoms with Crippen LogP contribution in [0.1, 0.15) is 27.7 Å². The van der Waals surface area contributed by atoms with Crippen LogP contribution in [0.5, 0.6) is 0 Å². The first-order chi connectivity index (χ1) is 8.24. The normalized spacial score (nSPS) is 39.2. The molecule has 0 bridgehead atoms. The van der Waals surface area contributed by atoms with Crippen molar-refractivity contribution in [2.24, 2.45) is 5.16 Å². The summed E-state index contributed by atoms with van der Waals surface area (Å²) in [6.07, 6.45) is -1.44. The quantitative estimate of drug-likeness (QED) is 0.473. The van der Waals surface area contributed by atoms with E-state index in [1.54, 1.807) is 13.8 Å². The summed E-state index contributed by atoms with van der Waals surface area (Å²) in [5.41, 5.74) is 0. The summed E-state index contributed by atoms with van der Waals surface area (Å²) in [6.45, 7) is 7.56. The Morgan fingerprint density at radius 1 is 1.17 bits per heavy atom. The Bertz CT molecular complexity index is 357. The van der Waals surface area contributed by atoms with Gasteiger partial charge in [0, 0.05) is 0 Å². The Balaban J connectivity index is 2.15. The molecule has 0 aromatic carbocycles. The Hall–Kier alpha value is -0.400. The van der Waals surface area contributed by atoms with Gasteiger partial charge in [0.15, 0.2) is 16.7 Å². The third-order valence-electron chi connectivity index (χ3n) is 2.86. The molecule has 0 saturated carbocycles. The second kappa shape index (κ2) is 4.61. The zero-order valence-electron chi connectivity index (χ0n) is 10.8. The lowest BCUT2D eigenvalue weighted by atomic mass is 10.1. The fourth-order valence-corrected chi connectivity index (χ4v) is 2.35. The number of ether oxygens (including phenoxy) is 4. The van der Waals surface area contributed by atoms with Crippen LogP contribution < -0.4 is 0 Å². The molecule has 7 heteroatoms. The largest absolute Gasteiger partial charge is 0.410 e. The third-order valence-corrected chi connectivity index (χ3v) is 3.15.